The zero-order chi connectivity index (χ0) is 18.1. The Morgan fingerprint density at radius 2 is 1.88 bits per heavy atom. The number of rotatable bonds is 3. The van der Waals surface area contributed by atoms with E-state index in [1.165, 1.54) is 0 Å². The van der Waals surface area contributed by atoms with Crippen LogP contribution in [0, 0.1) is 32.1 Å². The predicted octanol–water partition coefficient (Wildman–Crippen LogP) is 4.30. The van der Waals surface area contributed by atoms with Crippen molar-refractivity contribution in [3.8, 4) is 23.7 Å². The highest BCUT2D eigenvalue weighted by Gasteiger charge is 2.34. The Labute approximate surface area is 151 Å². The number of carbonyl (C=O) groups is 1. The number of aliphatic hydroxyl groups is 1. The summed E-state index contributed by atoms with van der Waals surface area (Å²) in [7, 11) is 0. The van der Waals surface area contributed by atoms with E-state index in [2.05, 4.69) is 15.9 Å². The van der Waals surface area contributed by atoms with Gasteiger partial charge in [0.25, 0.3) is 0 Å². The number of carbonyl (C=O) groups excluding carboxylic acids is 1. The predicted molar refractivity (Wildman–Crippen MR) is 98.1 cm³/mol. The van der Waals surface area contributed by atoms with Gasteiger partial charge in [0.15, 0.2) is 11.6 Å². The molecule has 1 heterocycles. The SMILES string of the molecule is C#CCC1CC(O)=C(c2c(C)cc(-c3ncc(Cl)cn3)cc2C)C1=O. The van der Waals surface area contributed by atoms with Gasteiger partial charge in [-0.15, -0.1) is 12.3 Å². The zero-order valence-corrected chi connectivity index (χ0v) is 14.8. The molecule has 25 heavy (non-hydrogen) atoms. The van der Waals surface area contributed by atoms with Gasteiger partial charge in [-0.1, -0.05) is 11.6 Å². The first-order valence-corrected chi connectivity index (χ1v) is 8.29. The van der Waals surface area contributed by atoms with Gasteiger partial charge in [-0.2, -0.15) is 0 Å². The van der Waals surface area contributed by atoms with Crippen molar-refractivity contribution in [1.29, 1.82) is 0 Å². The third kappa shape index (κ3) is 3.16. The minimum Gasteiger partial charge on any atom is -0.512 e. The first-order valence-electron chi connectivity index (χ1n) is 7.91. The average Bonchev–Trinajstić information content (AvgIpc) is 2.83. The van der Waals surface area contributed by atoms with Gasteiger partial charge in [0, 0.05) is 36.7 Å². The summed E-state index contributed by atoms with van der Waals surface area (Å²) in [4.78, 5) is 21.1. The quantitative estimate of drug-likeness (QED) is 0.837. The van der Waals surface area contributed by atoms with Crippen molar-refractivity contribution >= 4 is 23.0 Å². The van der Waals surface area contributed by atoms with E-state index in [0.717, 1.165) is 22.3 Å². The lowest BCUT2D eigenvalue weighted by Crippen LogP contribution is -2.10. The van der Waals surface area contributed by atoms with E-state index in [0.29, 0.717) is 29.3 Å². The Morgan fingerprint density at radius 1 is 1.28 bits per heavy atom. The number of hydrogen-bond acceptors (Lipinski definition) is 4. The largest absolute Gasteiger partial charge is 0.512 e. The van der Waals surface area contributed by atoms with Crippen molar-refractivity contribution in [1.82, 2.24) is 9.97 Å². The van der Waals surface area contributed by atoms with E-state index in [1.54, 1.807) is 12.4 Å². The van der Waals surface area contributed by atoms with Gasteiger partial charge in [-0.3, -0.25) is 4.79 Å². The molecule has 1 unspecified atom stereocenters. The zero-order valence-electron chi connectivity index (χ0n) is 14.0. The molecule has 0 amide bonds. The maximum Gasteiger partial charge on any atom is 0.171 e. The summed E-state index contributed by atoms with van der Waals surface area (Å²) in [6.45, 7) is 3.81. The summed E-state index contributed by atoms with van der Waals surface area (Å²) in [6, 6.07) is 3.82. The minimum absolute atomic E-state index is 0.0860. The Bertz CT molecular complexity index is 901. The lowest BCUT2D eigenvalue weighted by molar-refractivity contribution is -0.116. The Hall–Kier alpha value is -2.64. The molecule has 5 heteroatoms. The fourth-order valence-electron chi connectivity index (χ4n) is 3.30. The fraction of sp³-hybridized carbons (Fsp3) is 0.250. The molecule has 0 aliphatic heterocycles. The van der Waals surface area contributed by atoms with Crippen LogP contribution in [0.15, 0.2) is 30.3 Å². The lowest BCUT2D eigenvalue weighted by atomic mass is 9.90. The number of hydrogen-bond donors (Lipinski definition) is 1. The molecule has 4 nitrogen and oxygen atoms in total. The highest BCUT2D eigenvalue weighted by Crippen LogP contribution is 2.38. The molecule has 1 N–H and O–H groups in total. The first kappa shape index (κ1) is 17.2. The third-order valence-corrected chi connectivity index (χ3v) is 4.57. The number of Topliss-reactive ketones (excluding diaryl/α,β-unsaturated/α-hetero) is 1. The summed E-state index contributed by atoms with van der Waals surface area (Å²) in [5, 5.41) is 10.8. The molecular formula is C20H17ClN2O2. The number of benzene rings is 1. The van der Waals surface area contributed by atoms with Crippen LogP contribution in [-0.4, -0.2) is 20.9 Å². The van der Waals surface area contributed by atoms with Crippen LogP contribution in [0.2, 0.25) is 5.02 Å². The molecule has 3 rings (SSSR count). The maximum atomic E-state index is 12.7. The second-order valence-corrected chi connectivity index (χ2v) is 6.64. The number of aliphatic hydroxyl groups excluding tert-OH is 1. The van der Waals surface area contributed by atoms with Gasteiger partial charge in [-0.05, 0) is 42.7 Å². The normalized spacial score (nSPS) is 17.0. The van der Waals surface area contributed by atoms with Gasteiger partial charge in [0.1, 0.15) is 5.76 Å². The van der Waals surface area contributed by atoms with Crippen LogP contribution in [0.3, 0.4) is 0 Å². The minimum atomic E-state index is -0.335. The second-order valence-electron chi connectivity index (χ2n) is 6.21. The second kappa shape index (κ2) is 6.70. The molecular weight excluding hydrogens is 336 g/mol. The summed E-state index contributed by atoms with van der Waals surface area (Å²) in [5.74, 6) is 2.77. The van der Waals surface area contributed by atoms with E-state index in [4.69, 9.17) is 18.0 Å². The summed E-state index contributed by atoms with van der Waals surface area (Å²) in [5.41, 5.74) is 3.74. The van der Waals surface area contributed by atoms with Crippen molar-refractivity contribution in [2.75, 3.05) is 0 Å². The molecule has 1 aliphatic carbocycles. The summed E-state index contributed by atoms with van der Waals surface area (Å²) in [6.07, 6.45) is 9.06. The molecule has 0 saturated carbocycles. The first-order chi connectivity index (χ1) is 11.9. The Kier molecular flexibility index (Phi) is 4.61. The lowest BCUT2D eigenvalue weighted by Gasteiger charge is -2.14. The van der Waals surface area contributed by atoms with Gasteiger partial charge >= 0.3 is 0 Å². The van der Waals surface area contributed by atoms with E-state index in [9.17, 15) is 9.90 Å². The number of terminal acetylenes is 1. The Balaban J connectivity index is 2.05. The highest BCUT2D eigenvalue weighted by atomic mass is 35.5. The topological polar surface area (TPSA) is 63.1 Å². The summed E-state index contributed by atoms with van der Waals surface area (Å²) < 4.78 is 0. The van der Waals surface area contributed by atoms with Crippen LogP contribution in [-0.2, 0) is 4.79 Å². The number of aromatic nitrogens is 2. The van der Waals surface area contributed by atoms with E-state index in [1.807, 2.05) is 26.0 Å². The molecule has 0 bridgehead atoms. The monoisotopic (exact) mass is 352 g/mol. The van der Waals surface area contributed by atoms with E-state index >= 15 is 0 Å². The molecule has 1 aliphatic rings. The average molecular weight is 353 g/mol. The van der Waals surface area contributed by atoms with Crippen LogP contribution in [0.1, 0.15) is 29.5 Å². The van der Waals surface area contributed by atoms with Crippen LogP contribution in [0.4, 0.5) is 0 Å². The molecule has 0 saturated heterocycles. The van der Waals surface area contributed by atoms with Crippen molar-refractivity contribution in [3.05, 3.63) is 52.0 Å². The molecule has 126 valence electrons. The number of nitrogens with zero attached hydrogens (tertiary/aromatic N) is 2. The molecule has 1 aromatic carbocycles. The molecule has 1 aromatic heterocycles. The Morgan fingerprint density at radius 3 is 2.44 bits per heavy atom. The van der Waals surface area contributed by atoms with E-state index in [-0.39, 0.29) is 17.5 Å². The van der Waals surface area contributed by atoms with Crippen molar-refractivity contribution < 1.29 is 9.90 Å². The molecule has 2 aromatic rings. The van der Waals surface area contributed by atoms with Crippen LogP contribution < -0.4 is 0 Å². The molecule has 0 fully saturated rings. The smallest absolute Gasteiger partial charge is 0.171 e. The van der Waals surface area contributed by atoms with Crippen LogP contribution >= 0.6 is 11.6 Å². The van der Waals surface area contributed by atoms with Gasteiger partial charge < -0.3 is 5.11 Å². The number of ketones is 1. The van der Waals surface area contributed by atoms with Crippen LogP contribution in [0.25, 0.3) is 17.0 Å². The molecule has 0 radical (unpaired) electrons. The number of aryl methyl sites for hydroxylation is 2. The van der Waals surface area contributed by atoms with Crippen molar-refractivity contribution in [2.24, 2.45) is 5.92 Å². The molecule has 0 spiro atoms. The van der Waals surface area contributed by atoms with Crippen molar-refractivity contribution in [2.45, 2.75) is 26.7 Å². The highest BCUT2D eigenvalue weighted by molar-refractivity contribution is 6.30. The van der Waals surface area contributed by atoms with Gasteiger partial charge in [-0.25, -0.2) is 9.97 Å². The summed E-state index contributed by atoms with van der Waals surface area (Å²) >= 11 is 5.83. The molecule has 1 atom stereocenters. The fourth-order valence-corrected chi connectivity index (χ4v) is 3.39. The van der Waals surface area contributed by atoms with E-state index < -0.39 is 0 Å². The standard InChI is InChI=1S/C20H17ClN2O2/c1-4-5-13-8-16(24)18(19(13)25)17-11(2)6-14(7-12(17)3)20-22-9-15(21)10-23-20/h1,6-7,9-10,13,24H,5,8H2,2-3H3. The van der Waals surface area contributed by atoms with Crippen LogP contribution in [0.5, 0.6) is 0 Å². The van der Waals surface area contributed by atoms with Gasteiger partial charge in [0.2, 0.25) is 0 Å². The number of allylic oxidation sites excluding steroid dienone is 2. The maximum absolute atomic E-state index is 12.7. The van der Waals surface area contributed by atoms with Crippen molar-refractivity contribution in [3.63, 3.8) is 0 Å². The number of halogens is 1. The van der Waals surface area contributed by atoms with Gasteiger partial charge in [0.05, 0.1) is 10.6 Å². The third-order valence-electron chi connectivity index (χ3n) is 4.37.